The molecular weight excluding hydrogens is 461 g/mol. The van der Waals surface area contributed by atoms with Crippen LogP contribution in [0.5, 0.6) is 0 Å². The quantitative estimate of drug-likeness (QED) is 0.197. The summed E-state index contributed by atoms with van der Waals surface area (Å²) in [6, 6.07) is 3.70. The van der Waals surface area contributed by atoms with Gasteiger partial charge in [0.25, 0.3) is 0 Å². The zero-order valence-corrected chi connectivity index (χ0v) is 21.0. The van der Waals surface area contributed by atoms with Crippen LogP contribution >= 0.6 is 8.95 Å². The van der Waals surface area contributed by atoms with E-state index in [0.29, 0.717) is 5.56 Å². The Balaban J connectivity index is 1.91. The number of carbonyl (C=O) groups is 1. The van der Waals surface area contributed by atoms with E-state index in [4.69, 9.17) is 3.07 Å². The van der Waals surface area contributed by atoms with Gasteiger partial charge in [-0.05, 0) is 0 Å². The Kier molecular flexibility index (Phi) is 11.2. The van der Waals surface area contributed by atoms with Gasteiger partial charge in [0.2, 0.25) is 0 Å². The second-order valence-electron chi connectivity index (χ2n) is 7.79. The Morgan fingerprint density at radius 1 is 0.889 bits per heavy atom. The molecule has 0 spiro atoms. The summed E-state index contributed by atoms with van der Waals surface area (Å²) in [6.07, 6.45) is 17.4. The van der Waals surface area contributed by atoms with Crippen LogP contribution in [-0.2, 0) is 3.07 Å². The Bertz CT molecular complexity index is 551. The fourth-order valence-corrected chi connectivity index (χ4v) is 20.7. The summed E-state index contributed by atoms with van der Waals surface area (Å²) in [6.45, 7) is 4.52. The fraction of sp³-hybridized carbons (Fsp3) is 0.727. The minimum absolute atomic E-state index is 0.0929. The molecule has 2 rings (SSSR count). The van der Waals surface area contributed by atoms with Crippen LogP contribution < -0.4 is 0 Å². The monoisotopic (exact) mass is 499 g/mol. The summed E-state index contributed by atoms with van der Waals surface area (Å²) in [5.41, 5.74) is 0.681. The number of rotatable bonds is 14. The van der Waals surface area contributed by atoms with Crippen LogP contribution in [0.15, 0.2) is 23.4 Å². The molecule has 1 aliphatic rings. The Hall–Kier alpha value is -0.231. The molecule has 27 heavy (non-hydrogen) atoms. The Morgan fingerprint density at radius 3 is 2.04 bits per heavy atom. The number of hydrogen-bond acceptors (Lipinski definition) is 4. The summed E-state index contributed by atoms with van der Waals surface area (Å²) in [7, 11) is 1.90. The van der Waals surface area contributed by atoms with Crippen molar-refractivity contribution in [3.63, 3.8) is 0 Å². The number of hydrogen-bond donors (Lipinski definition) is 0. The van der Waals surface area contributed by atoms with Crippen molar-refractivity contribution in [1.82, 2.24) is 4.98 Å². The standard InChI is InChI=1S/2C8H17.C6H5NO2S.Sn/c2*1-3-5-7-8-6-4-2;8-6(9)4-2-1-3-7-5(4)10;/h2*1,3-8H2,2H3;1-3H,(H,7,10)(H,8,9);/q;;;+2/p-2. The van der Waals surface area contributed by atoms with Crippen molar-refractivity contribution >= 4 is 32.3 Å². The number of pyridine rings is 1. The molecule has 0 aliphatic carbocycles. The Labute approximate surface area is 173 Å². The summed E-state index contributed by atoms with van der Waals surface area (Å²) in [5, 5.41) is 0.946. The van der Waals surface area contributed by atoms with Gasteiger partial charge in [0.1, 0.15) is 0 Å². The molecule has 1 aromatic rings. The van der Waals surface area contributed by atoms with E-state index >= 15 is 0 Å². The second-order valence-corrected chi connectivity index (χ2v) is 23.8. The van der Waals surface area contributed by atoms with Crippen LogP contribution in [0.1, 0.15) is 101 Å². The van der Waals surface area contributed by atoms with E-state index in [1.165, 1.54) is 77.0 Å². The molecule has 0 N–H and O–H groups in total. The van der Waals surface area contributed by atoms with Crippen LogP contribution in [0.25, 0.3) is 0 Å². The van der Waals surface area contributed by atoms with Crippen LogP contribution in [0, 0.1) is 0 Å². The van der Waals surface area contributed by atoms with E-state index in [1.54, 1.807) is 0 Å². The van der Waals surface area contributed by atoms with Crippen molar-refractivity contribution in [3.8, 4) is 0 Å². The fourth-order valence-electron chi connectivity index (χ4n) is 3.73. The predicted octanol–water partition coefficient (Wildman–Crippen LogP) is 7.51. The molecule has 0 amide bonds. The molecule has 1 aromatic heterocycles. The molecule has 0 aromatic carbocycles. The predicted molar refractivity (Wildman–Crippen MR) is 118 cm³/mol. The van der Waals surface area contributed by atoms with E-state index in [0.717, 1.165) is 13.9 Å². The zero-order valence-electron chi connectivity index (χ0n) is 17.3. The molecule has 2 heterocycles. The maximum atomic E-state index is 12.6. The molecule has 0 fully saturated rings. The topological polar surface area (TPSA) is 39.2 Å². The SMILES string of the molecule is CCCCCCC[CH2][Sn]1([CH2]CCCCCCC)[O]C(=O)c2cccnc2[S]1. The van der Waals surface area contributed by atoms with Gasteiger partial charge < -0.3 is 0 Å². The van der Waals surface area contributed by atoms with Crippen molar-refractivity contribution in [1.29, 1.82) is 0 Å². The van der Waals surface area contributed by atoms with Crippen molar-refractivity contribution < 1.29 is 7.87 Å². The van der Waals surface area contributed by atoms with Gasteiger partial charge in [-0.1, -0.05) is 0 Å². The average molecular weight is 498 g/mol. The molecule has 5 heteroatoms. The van der Waals surface area contributed by atoms with Crippen molar-refractivity contribution in [2.24, 2.45) is 0 Å². The van der Waals surface area contributed by atoms with E-state index in [2.05, 4.69) is 18.8 Å². The first-order chi connectivity index (χ1) is 13.2. The molecule has 0 bridgehead atoms. The molecule has 3 nitrogen and oxygen atoms in total. The minimum atomic E-state index is -3.01. The van der Waals surface area contributed by atoms with Gasteiger partial charge in [-0.3, -0.25) is 0 Å². The van der Waals surface area contributed by atoms with Crippen LogP contribution in [-0.4, -0.2) is 28.4 Å². The van der Waals surface area contributed by atoms with Crippen molar-refractivity contribution in [2.45, 2.75) is 105 Å². The zero-order chi connectivity index (χ0) is 19.4. The van der Waals surface area contributed by atoms with E-state index < -0.39 is 17.4 Å². The first kappa shape index (κ1) is 23.1. The molecule has 0 saturated heterocycles. The number of aromatic nitrogens is 1. The average Bonchev–Trinajstić information content (AvgIpc) is 2.67. The third-order valence-electron chi connectivity index (χ3n) is 5.37. The Morgan fingerprint density at radius 2 is 1.44 bits per heavy atom. The number of carbonyl (C=O) groups excluding carboxylic acids is 1. The van der Waals surface area contributed by atoms with E-state index in [-0.39, 0.29) is 5.97 Å². The number of unbranched alkanes of at least 4 members (excludes halogenated alkanes) is 10. The molecule has 1 aliphatic heterocycles. The summed E-state index contributed by atoms with van der Waals surface area (Å²) in [4.78, 5) is 17.1. The molecular formula is C22H37NO2SSn. The van der Waals surface area contributed by atoms with Gasteiger partial charge in [0.05, 0.1) is 0 Å². The first-order valence-electron chi connectivity index (χ1n) is 11.1. The van der Waals surface area contributed by atoms with Crippen LogP contribution in [0.2, 0.25) is 8.87 Å². The van der Waals surface area contributed by atoms with Crippen LogP contribution in [0.3, 0.4) is 0 Å². The normalized spacial score (nSPS) is 15.4. The maximum absolute atomic E-state index is 12.6. The van der Waals surface area contributed by atoms with E-state index in [1.807, 2.05) is 27.3 Å². The van der Waals surface area contributed by atoms with Crippen molar-refractivity contribution in [2.75, 3.05) is 0 Å². The molecule has 0 saturated carbocycles. The molecule has 0 unspecified atom stereocenters. The number of fused-ring (bicyclic) bond motifs is 1. The van der Waals surface area contributed by atoms with Gasteiger partial charge in [0, 0.05) is 0 Å². The summed E-state index contributed by atoms with van der Waals surface area (Å²) < 4.78 is 8.56. The molecule has 0 radical (unpaired) electrons. The molecule has 152 valence electrons. The molecule has 0 atom stereocenters. The van der Waals surface area contributed by atoms with E-state index in [9.17, 15) is 4.79 Å². The third-order valence-corrected chi connectivity index (χ3v) is 22.4. The third kappa shape index (κ3) is 7.96. The van der Waals surface area contributed by atoms with Crippen LogP contribution in [0.4, 0.5) is 0 Å². The van der Waals surface area contributed by atoms with Gasteiger partial charge in [-0.25, -0.2) is 0 Å². The van der Waals surface area contributed by atoms with Gasteiger partial charge >= 0.3 is 174 Å². The second kappa shape index (κ2) is 13.1. The summed E-state index contributed by atoms with van der Waals surface area (Å²) in [5.74, 6) is -0.0929. The van der Waals surface area contributed by atoms with Crippen molar-refractivity contribution in [3.05, 3.63) is 23.9 Å². The van der Waals surface area contributed by atoms with Gasteiger partial charge in [-0.15, -0.1) is 0 Å². The van der Waals surface area contributed by atoms with Gasteiger partial charge in [-0.2, -0.15) is 0 Å². The summed E-state index contributed by atoms with van der Waals surface area (Å²) >= 11 is -3.01. The number of nitrogens with zero attached hydrogens (tertiary/aromatic N) is 1. The van der Waals surface area contributed by atoms with Gasteiger partial charge in [0.15, 0.2) is 0 Å². The first-order valence-corrected chi connectivity index (χ1v) is 20.6.